The van der Waals surface area contributed by atoms with Crippen molar-refractivity contribution < 1.29 is 9.53 Å². The number of ether oxygens (including phenoxy) is 1. The van der Waals surface area contributed by atoms with Crippen LogP contribution in [0.4, 0.5) is 0 Å². The number of fused-ring (bicyclic) bond motifs is 1. The molecule has 0 aromatic carbocycles. The van der Waals surface area contributed by atoms with Crippen molar-refractivity contribution in [3.63, 3.8) is 0 Å². The summed E-state index contributed by atoms with van der Waals surface area (Å²) in [6.07, 6.45) is 6.36. The van der Waals surface area contributed by atoms with E-state index in [0.717, 1.165) is 0 Å². The van der Waals surface area contributed by atoms with Crippen LogP contribution in [0.25, 0.3) is 0 Å². The molecule has 1 saturated heterocycles. The zero-order chi connectivity index (χ0) is 12.8. The van der Waals surface area contributed by atoms with Gasteiger partial charge in [-0.3, -0.25) is 4.79 Å². The van der Waals surface area contributed by atoms with E-state index in [0.29, 0.717) is 11.3 Å². The van der Waals surface area contributed by atoms with Crippen molar-refractivity contribution >= 4 is 29.5 Å². The van der Waals surface area contributed by atoms with Gasteiger partial charge in [-0.1, -0.05) is 19.8 Å². The summed E-state index contributed by atoms with van der Waals surface area (Å²) in [5.41, 5.74) is 0.376. The second-order valence-corrected chi connectivity index (χ2v) is 9.30. The molecule has 102 valence electrons. The predicted octanol–water partition coefficient (Wildman–Crippen LogP) is 3.55. The van der Waals surface area contributed by atoms with Crippen LogP contribution in [0.1, 0.15) is 39.0 Å². The molecular weight excluding hydrogens is 264 g/mol. The van der Waals surface area contributed by atoms with Crippen LogP contribution in [-0.4, -0.2) is 28.7 Å². The minimum absolute atomic E-state index is 0.0486. The third-order valence-electron chi connectivity index (χ3n) is 5.17. The Bertz CT molecular complexity index is 352. The fourth-order valence-corrected chi connectivity index (χ4v) is 8.35. The van der Waals surface area contributed by atoms with E-state index in [4.69, 9.17) is 4.74 Å². The normalized spacial score (nSPS) is 41.9. The molecule has 3 rings (SSSR count). The van der Waals surface area contributed by atoms with Crippen molar-refractivity contribution in [3.8, 4) is 0 Å². The summed E-state index contributed by atoms with van der Waals surface area (Å²) in [6, 6.07) is 0. The average Bonchev–Trinajstić information content (AvgIpc) is 2.90. The smallest absolute Gasteiger partial charge is 0.311 e. The average molecular weight is 286 g/mol. The van der Waals surface area contributed by atoms with Gasteiger partial charge in [-0.25, -0.2) is 0 Å². The lowest BCUT2D eigenvalue weighted by Gasteiger charge is -2.37. The second-order valence-electron chi connectivity index (χ2n) is 6.19. The number of carbonyl (C=O) groups is 1. The Balaban J connectivity index is 1.97. The van der Waals surface area contributed by atoms with Crippen LogP contribution in [0.5, 0.6) is 0 Å². The molecule has 1 heterocycles. The Morgan fingerprint density at radius 1 is 1.28 bits per heavy atom. The summed E-state index contributed by atoms with van der Waals surface area (Å²) < 4.78 is 5.29. The van der Waals surface area contributed by atoms with E-state index in [2.05, 4.69) is 6.92 Å². The summed E-state index contributed by atoms with van der Waals surface area (Å²) in [5, 5.41) is 0. The number of esters is 1. The first-order valence-corrected chi connectivity index (χ1v) is 8.94. The van der Waals surface area contributed by atoms with Crippen molar-refractivity contribution in [2.45, 2.75) is 43.1 Å². The first-order valence-electron chi connectivity index (χ1n) is 6.97. The maximum atomic E-state index is 12.3. The quantitative estimate of drug-likeness (QED) is 0.689. The van der Waals surface area contributed by atoms with Crippen molar-refractivity contribution in [1.29, 1.82) is 0 Å². The molecule has 0 aromatic rings. The summed E-state index contributed by atoms with van der Waals surface area (Å²) in [6.45, 7) is 2.42. The molecule has 18 heavy (non-hydrogen) atoms. The van der Waals surface area contributed by atoms with Crippen molar-refractivity contribution in [3.05, 3.63) is 0 Å². The van der Waals surface area contributed by atoms with Gasteiger partial charge in [-0.05, 0) is 30.6 Å². The fraction of sp³-hybridized carbons (Fsp3) is 0.929. The molecule has 0 bridgehead atoms. The summed E-state index contributed by atoms with van der Waals surface area (Å²) in [7, 11) is 1.55. The highest BCUT2D eigenvalue weighted by atomic mass is 32.2. The molecule has 3 atom stereocenters. The zero-order valence-corrected chi connectivity index (χ0v) is 12.9. The minimum atomic E-state index is 0.0486. The van der Waals surface area contributed by atoms with Crippen LogP contribution in [0.15, 0.2) is 0 Å². The fourth-order valence-electron chi connectivity index (χ4n) is 4.42. The van der Waals surface area contributed by atoms with Gasteiger partial charge in [0.25, 0.3) is 0 Å². The lowest BCUT2D eigenvalue weighted by Crippen LogP contribution is -2.36. The van der Waals surface area contributed by atoms with E-state index in [1.165, 1.54) is 43.6 Å². The van der Waals surface area contributed by atoms with E-state index >= 15 is 0 Å². The van der Waals surface area contributed by atoms with E-state index in [-0.39, 0.29) is 16.0 Å². The molecule has 2 nitrogen and oxygen atoms in total. The molecule has 0 radical (unpaired) electrons. The van der Waals surface area contributed by atoms with E-state index < -0.39 is 0 Å². The van der Waals surface area contributed by atoms with Crippen LogP contribution in [0.2, 0.25) is 0 Å². The number of rotatable bonds is 1. The number of hydrogen-bond acceptors (Lipinski definition) is 4. The molecule has 0 aromatic heterocycles. The van der Waals surface area contributed by atoms with Gasteiger partial charge in [0.1, 0.15) is 0 Å². The highest BCUT2D eigenvalue weighted by Gasteiger charge is 2.63. The van der Waals surface area contributed by atoms with Crippen LogP contribution >= 0.6 is 23.5 Å². The number of thioether (sulfide) groups is 2. The Kier molecular flexibility index (Phi) is 3.38. The topological polar surface area (TPSA) is 26.3 Å². The predicted molar refractivity (Wildman–Crippen MR) is 77.8 cm³/mol. The lowest BCUT2D eigenvalue weighted by molar-refractivity contribution is -0.148. The Hall–Kier alpha value is 0.170. The molecule has 2 aliphatic carbocycles. The zero-order valence-electron chi connectivity index (χ0n) is 11.2. The molecular formula is C14H22O2S2. The SMILES string of the molecule is COC(=O)C1C2CCCCC2(C)CC12SCCS2. The largest absolute Gasteiger partial charge is 0.469 e. The molecule has 3 aliphatic rings. The van der Waals surface area contributed by atoms with Gasteiger partial charge in [0.2, 0.25) is 0 Å². The van der Waals surface area contributed by atoms with Crippen LogP contribution in [-0.2, 0) is 9.53 Å². The molecule has 0 N–H and O–H groups in total. The van der Waals surface area contributed by atoms with Crippen LogP contribution in [0, 0.1) is 17.3 Å². The molecule has 3 fully saturated rings. The number of methoxy groups -OCH3 is 1. The van der Waals surface area contributed by atoms with Gasteiger partial charge in [-0.15, -0.1) is 23.5 Å². The molecule has 1 aliphatic heterocycles. The Labute approximate surface area is 118 Å². The minimum Gasteiger partial charge on any atom is -0.469 e. The molecule has 4 heteroatoms. The van der Waals surface area contributed by atoms with Crippen molar-refractivity contribution in [1.82, 2.24) is 0 Å². The van der Waals surface area contributed by atoms with Gasteiger partial charge in [0.15, 0.2) is 0 Å². The Morgan fingerprint density at radius 3 is 2.67 bits per heavy atom. The standard InChI is InChI=1S/C14H22O2S2/c1-13-6-4-3-5-10(13)11(12(15)16-2)14(9-13)17-7-8-18-14/h10-11H,3-9H2,1-2H3. The van der Waals surface area contributed by atoms with Gasteiger partial charge in [0, 0.05) is 11.5 Å². The summed E-state index contributed by atoms with van der Waals surface area (Å²) in [5.74, 6) is 3.12. The maximum Gasteiger partial charge on any atom is 0.311 e. The van der Waals surface area contributed by atoms with Crippen LogP contribution < -0.4 is 0 Å². The Morgan fingerprint density at radius 2 is 2.00 bits per heavy atom. The van der Waals surface area contributed by atoms with Gasteiger partial charge in [-0.2, -0.15) is 0 Å². The molecule has 0 amide bonds. The molecule has 1 spiro atoms. The summed E-state index contributed by atoms with van der Waals surface area (Å²) >= 11 is 4.06. The number of carbonyl (C=O) groups excluding carboxylic acids is 1. The van der Waals surface area contributed by atoms with E-state index in [1.54, 1.807) is 7.11 Å². The highest BCUT2D eigenvalue weighted by molar-refractivity contribution is 8.21. The van der Waals surface area contributed by atoms with Crippen molar-refractivity contribution in [2.75, 3.05) is 18.6 Å². The van der Waals surface area contributed by atoms with E-state index in [1.807, 2.05) is 23.5 Å². The summed E-state index contributed by atoms with van der Waals surface area (Å²) in [4.78, 5) is 12.3. The third kappa shape index (κ3) is 1.82. The highest BCUT2D eigenvalue weighted by Crippen LogP contribution is 2.68. The van der Waals surface area contributed by atoms with E-state index in [9.17, 15) is 4.79 Å². The van der Waals surface area contributed by atoms with Gasteiger partial charge >= 0.3 is 5.97 Å². The van der Waals surface area contributed by atoms with Gasteiger partial charge in [0.05, 0.1) is 17.1 Å². The first-order chi connectivity index (χ1) is 8.61. The monoisotopic (exact) mass is 286 g/mol. The molecule has 2 saturated carbocycles. The lowest BCUT2D eigenvalue weighted by atomic mass is 9.67. The third-order valence-corrected chi connectivity index (χ3v) is 8.72. The molecule has 3 unspecified atom stereocenters. The van der Waals surface area contributed by atoms with Gasteiger partial charge < -0.3 is 4.74 Å². The second kappa shape index (κ2) is 4.62. The maximum absolute atomic E-state index is 12.3. The van der Waals surface area contributed by atoms with Crippen LogP contribution in [0.3, 0.4) is 0 Å². The first kappa shape index (κ1) is 13.2. The number of hydrogen-bond donors (Lipinski definition) is 0. The van der Waals surface area contributed by atoms with Crippen molar-refractivity contribution in [2.24, 2.45) is 17.3 Å².